The van der Waals surface area contributed by atoms with Crippen LogP contribution >= 0.6 is 0 Å². The van der Waals surface area contributed by atoms with E-state index in [-0.39, 0.29) is 17.1 Å². The van der Waals surface area contributed by atoms with Gasteiger partial charge in [-0.15, -0.1) is 0 Å². The summed E-state index contributed by atoms with van der Waals surface area (Å²) in [6.07, 6.45) is 2.08. The van der Waals surface area contributed by atoms with E-state index in [4.69, 9.17) is 0 Å². The summed E-state index contributed by atoms with van der Waals surface area (Å²) >= 11 is 0. The van der Waals surface area contributed by atoms with Gasteiger partial charge in [0.25, 0.3) is 5.56 Å². The third-order valence-corrected chi connectivity index (χ3v) is 5.19. The second-order valence-corrected chi connectivity index (χ2v) is 7.32. The van der Waals surface area contributed by atoms with Crippen LogP contribution in [0.2, 0.25) is 0 Å². The highest BCUT2D eigenvalue weighted by Crippen LogP contribution is 2.24. The van der Waals surface area contributed by atoms with Crippen LogP contribution in [0.25, 0.3) is 11.2 Å². The van der Waals surface area contributed by atoms with E-state index in [0.717, 1.165) is 10.1 Å². The maximum atomic E-state index is 12.9. The van der Waals surface area contributed by atoms with Crippen LogP contribution in [0.5, 0.6) is 11.5 Å². The highest BCUT2D eigenvalue weighted by Gasteiger charge is 2.19. The average molecular weight is 434 g/mol. The number of rotatable bonds is 6. The highest BCUT2D eigenvalue weighted by atomic mass is 16.3. The number of hydrogen-bond acceptors (Lipinski definition) is 7. The Morgan fingerprint density at radius 1 is 1.03 bits per heavy atom. The molecule has 0 saturated carbocycles. The molecule has 0 aliphatic heterocycles. The maximum Gasteiger partial charge on any atom is 0.332 e. The normalized spacial score (nSPS) is 11.4. The van der Waals surface area contributed by atoms with Crippen molar-refractivity contribution in [2.24, 2.45) is 19.2 Å². The van der Waals surface area contributed by atoms with E-state index in [1.54, 1.807) is 17.7 Å². The molecule has 0 fully saturated rings. The van der Waals surface area contributed by atoms with E-state index in [1.807, 2.05) is 30.3 Å². The molecule has 2 aromatic heterocycles. The van der Waals surface area contributed by atoms with Crippen LogP contribution in [0.4, 0.5) is 5.95 Å². The topological polar surface area (TPSA) is 127 Å². The Balaban J connectivity index is 1.74. The zero-order chi connectivity index (χ0) is 22.8. The Labute approximate surface area is 182 Å². The van der Waals surface area contributed by atoms with Gasteiger partial charge >= 0.3 is 5.69 Å². The first-order valence-corrected chi connectivity index (χ1v) is 9.88. The Kier molecular flexibility index (Phi) is 5.50. The van der Waals surface area contributed by atoms with Gasteiger partial charge in [-0.3, -0.25) is 13.9 Å². The lowest BCUT2D eigenvalue weighted by molar-refractivity contribution is 0.403. The van der Waals surface area contributed by atoms with Gasteiger partial charge in [-0.2, -0.15) is 10.1 Å². The number of aryl methyl sites for hydroxylation is 3. The number of nitrogens with one attached hydrogen (secondary N) is 1. The number of phenols is 2. The number of nitrogens with zero attached hydrogens (tertiary/aromatic N) is 5. The summed E-state index contributed by atoms with van der Waals surface area (Å²) in [5.74, 6) is -0.189. The van der Waals surface area contributed by atoms with Gasteiger partial charge in [-0.1, -0.05) is 30.3 Å². The third kappa shape index (κ3) is 3.85. The van der Waals surface area contributed by atoms with Crippen LogP contribution in [0.3, 0.4) is 0 Å². The van der Waals surface area contributed by atoms with Gasteiger partial charge in [-0.05, 0) is 35.7 Å². The van der Waals surface area contributed by atoms with Crippen LogP contribution in [0.15, 0.2) is 63.2 Å². The van der Waals surface area contributed by atoms with Crippen molar-refractivity contribution in [2.75, 3.05) is 5.43 Å². The summed E-state index contributed by atoms with van der Waals surface area (Å²) < 4.78 is 4.08. The molecule has 4 aromatic rings. The van der Waals surface area contributed by atoms with E-state index in [9.17, 15) is 19.8 Å². The van der Waals surface area contributed by atoms with Gasteiger partial charge in [0.1, 0.15) is 0 Å². The number of imidazole rings is 1. The number of aromatic nitrogens is 4. The highest BCUT2D eigenvalue weighted by molar-refractivity contribution is 5.81. The molecular weight excluding hydrogens is 412 g/mol. The van der Waals surface area contributed by atoms with Crippen LogP contribution in [-0.2, 0) is 27.1 Å². The van der Waals surface area contributed by atoms with Crippen molar-refractivity contribution < 1.29 is 10.2 Å². The largest absolute Gasteiger partial charge is 0.504 e. The predicted molar refractivity (Wildman–Crippen MR) is 121 cm³/mol. The lowest BCUT2D eigenvalue weighted by Gasteiger charge is -2.09. The van der Waals surface area contributed by atoms with E-state index >= 15 is 0 Å². The van der Waals surface area contributed by atoms with E-state index in [2.05, 4.69) is 15.5 Å². The van der Waals surface area contributed by atoms with E-state index in [0.29, 0.717) is 30.0 Å². The third-order valence-electron chi connectivity index (χ3n) is 5.19. The number of benzene rings is 2. The average Bonchev–Trinajstić information content (AvgIpc) is 3.16. The molecule has 164 valence electrons. The first kappa shape index (κ1) is 20.9. The zero-order valence-electron chi connectivity index (χ0n) is 17.6. The van der Waals surface area contributed by atoms with Crippen molar-refractivity contribution in [2.45, 2.75) is 13.0 Å². The van der Waals surface area contributed by atoms with Crippen molar-refractivity contribution in [3.05, 3.63) is 80.5 Å². The first-order valence-electron chi connectivity index (χ1n) is 9.88. The van der Waals surface area contributed by atoms with E-state index < -0.39 is 11.2 Å². The maximum absolute atomic E-state index is 12.9. The van der Waals surface area contributed by atoms with Gasteiger partial charge < -0.3 is 14.8 Å². The molecule has 2 aromatic carbocycles. The summed E-state index contributed by atoms with van der Waals surface area (Å²) in [5, 5.41) is 23.2. The summed E-state index contributed by atoms with van der Waals surface area (Å²) in [4.78, 5) is 29.7. The van der Waals surface area contributed by atoms with E-state index in [1.165, 1.54) is 30.0 Å². The molecule has 0 amide bonds. The molecule has 2 heterocycles. The number of aromatic hydroxyl groups is 2. The lowest BCUT2D eigenvalue weighted by atomic mass is 10.1. The molecule has 0 radical (unpaired) electrons. The van der Waals surface area contributed by atoms with Gasteiger partial charge in [0, 0.05) is 20.6 Å². The van der Waals surface area contributed by atoms with Crippen molar-refractivity contribution in [3.63, 3.8) is 0 Å². The summed E-state index contributed by atoms with van der Waals surface area (Å²) in [6.45, 7) is 0.436. The molecule has 0 aliphatic carbocycles. The van der Waals surface area contributed by atoms with Crippen LogP contribution in [0, 0.1) is 0 Å². The minimum absolute atomic E-state index is 0.227. The number of phenolic OH excluding ortho intramolecular Hbond substituents is 2. The van der Waals surface area contributed by atoms with Gasteiger partial charge in [-0.25, -0.2) is 10.2 Å². The predicted octanol–water partition coefficient (Wildman–Crippen LogP) is 1.53. The quantitative estimate of drug-likeness (QED) is 0.240. The number of hydrazone groups is 1. The van der Waals surface area contributed by atoms with Crippen molar-refractivity contribution in [1.82, 2.24) is 18.7 Å². The molecule has 32 heavy (non-hydrogen) atoms. The second kappa shape index (κ2) is 8.42. The molecule has 0 unspecified atom stereocenters. The van der Waals surface area contributed by atoms with Gasteiger partial charge in [0.15, 0.2) is 22.7 Å². The molecule has 0 aliphatic rings. The minimum atomic E-state index is -0.468. The molecule has 0 saturated heterocycles. The van der Waals surface area contributed by atoms with Crippen molar-refractivity contribution in [3.8, 4) is 11.5 Å². The SMILES string of the molecule is Cn1c(=O)c2c(nc(N/N=C\c3ccc(O)c(O)c3)n2CCc2ccccc2)n(C)c1=O. The Morgan fingerprint density at radius 3 is 2.50 bits per heavy atom. The zero-order valence-corrected chi connectivity index (χ0v) is 17.6. The number of anilines is 1. The Morgan fingerprint density at radius 2 is 1.78 bits per heavy atom. The standard InChI is InChI=1S/C22H22N6O4/c1-26-19-18(20(31)27(2)22(26)32)28(11-10-14-6-4-3-5-7-14)21(24-19)25-23-13-15-8-9-16(29)17(30)12-15/h3-9,12-13,29-30H,10-11H2,1-2H3,(H,24,25)/b23-13-. The number of fused-ring (bicyclic) bond motifs is 1. The molecule has 0 atom stereocenters. The molecule has 3 N–H and O–H groups in total. The van der Waals surface area contributed by atoms with Crippen molar-refractivity contribution >= 4 is 23.3 Å². The first-order chi connectivity index (χ1) is 15.4. The minimum Gasteiger partial charge on any atom is -0.504 e. The summed E-state index contributed by atoms with van der Waals surface area (Å²) in [6, 6.07) is 14.1. The van der Waals surface area contributed by atoms with Gasteiger partial charge in [0.2, 0.25) is 5.95 Å². The molecule has 0 spiro atoms. The monoisotopic (exact) mass is 434 g/mol. The van der Waals surface area contributed by atoms with Crippen LogP contribution < -0.4 is 16.7 Å². The fourth-order valence-electron chi connectivity index (χ4n) is 3.42. The molecular formula is C22H22N6O4. The molecule has 0 bridgehead atoms. The summed E-state index contributed by atoms with van der Waals surface area (Å²) in [7, 11) is 2.99. The fraction of sp³-hybridized carbons (Fsp3) is 0.182. The van der Waals surface area contributed by atoms with Crippen LogP contribution in [0.1, 0.15) is 11.1 Å². The number of hydrogen-bond donors (Lipinski definition) is 3. The Hall–Kier alpha value is -4.34. The van der Waals surface area contributed by atoms with Crippen molar-refractivity contribution in [1.29, 1.82) is 0 Å². The molecule has 10 nitrogen and oxygen atoms in total. The Bertz CT molecular complexity index is 1430. The molecule has 10 heteroatoms. The lowest BCUT2D eigenvalue weighted by Crippen LogP contribution is -2.37. The molecule has 4 rings (SSSR count). The smallest absolute Gasteiger partial charge is 0.332 e. The van der Waals surface area contributed by atoms with Crippen LogP contribution in [-0.4, -0.2) is 35.1 Å². The van der Waals surface area contributed by atoms with Gasteiger partial charge in [0.05, 0.1) is 6.21 Å². The second-order valence-electron chi connectivity index (χ2n) is 7.32. The fourth-order valence-corrected chi connectivity index (χ4v) is 3.42. The summed E-state index contributed by atoms with van der Waals surface area (Å²) in [5.41, 5.74) is 4.11.